The Morgan fingerprint density at radius 2 is 1.87 bits per heavy atom. The minimum atomic E-state index is -4.88. The van der Waals surface area contributed by atoms with Gasteiger partial charge in [0.2, 0.25) is 5.91 Å². The molecule has 0 bridgehead atoms. The van der Waals surface area contributed by atoms with Gasteiger partial charge in [0.25, 0.3) is 11.8 Å². The number of alkyl halides is 6. The molecule has 15 heteroatoms. The number of fused-ring (bicyclic) bond motifs is 1. The van der Waals surface area contributed by atoms with Gasteiger partial charge in [0, 0.05) is 24.1 Å². The maximum Gasteiger partial charge on any atom is 0.418 e. The van der Waals surface area contributed by atoms with Crippen LogP contribution in [0, 0.1) is 18.7 Å². The molecule has 3 aromatic rings. The van der Waals surface area contributed by atoms with Crippen LogP contribution in [0.4, 0.5) is 36.6 Å². The summed E-state index contributed by atoms with van der Waals surface area (Å²) in [7, 11) is 0. The molecule has 1 saturated heterocycles. The van der Waals surface area contributed by atoms with Crippen molar-refractivity contribution in [2.24, 2.45) is 5.92 Å². The molecule has 0 radical (unpaired) electrons. The SMILES string of the molecule is Cc1cc(F)c(-c2cc(C(F)(F)F)c3c(N)ncnn23)cc1C(=O)N[C@@H]1CN(C(=O)C2CC2(F)F)C[C@@H]1F. The summed E-state index contributed by atoms with van der Waals surface area (Å²) in [6.45, 7) is 0.535. The molecule has 1 aromatic carbocycles. The van der Waals surface area contributed by atoms with Crippen LogP contribution < -0.4 is 11.1 Å². The summed E-state index contributed by atoms with van der Waals surface area (Å²) in [4.78, 5) is 29.7. The van der Waals surface area contributed by atoms with Crippen LogP contribution in [0.15, 0.2) is 24.5 Å². The second kappa shape index (κ2) is 8.56. The first-order valence-electron chi connectivity index (χ1n) is 11.3. The zero-order valence-electron chi connectivity index (χ0n) is 19.5. The van der Waals surface area contributed by atoms with E-state index in [9.17, 15) is 40.3 Å². The lowest BCUT2D eigenvalue weighted by Crippen LogP contribution is -2.42. The van der Waals surface area contributed by atoms with E-state index >= 15 is 0 Å². The van der Waals surface area contributed by atoms with Gasteiger partial charge in [-0.25, -0.2) is 27.1 Å². The summed E-state index contributed by atoms with van der Waals surface area (Å²) in [5.41, 5.74) is 2.94. The minimum Gasteiger partial charge on any atom is -0.382 e. The molecule has 1 aliphatic carbocycles. The molecule has 2 aliphatic rings. The molecule has 2 fully saturated rings. The van der Waals surface area contributed by atoms with Gasteiger partial charge in [0.05, 0.1) is 23.8 Å². The van der Waals surface area contributed by atoms with Gasteiger partial charge in [-0.3, -0.25) is 9.59 Å². The average molecular weight is 544 g/mol. The van der Waals surface area contributed by atoms with Crippen LogP contribution in [0.2, 0.25) is 0 Å². The van der Waals surface area contributed by atoms with Crippen LogP contribution in [0.1, 0.15) is 27.9 Å². The number of nitrogen functional groups attached to an aromatic ring is 1. The molecule has 3 heterocycles. The van der Waals surface area contributed by atoms with E-state index < -0.39 is 83.3 Å². The number of hydrogen-bond acceptors (Lipinski definition) is 5. The standard InChI is InChI=1S/C23H19F7N6O2/c1-9-2-14(24)11(17-4-12(23(28,29)30)18-19(31)32-8-33-36(17)18)3-10(9)20(37)34-16-7-35(6-15(16)25)21(38)13-5-22(13,26)27/h2-4,8,13,15-16H,5-7H2,1H3,(H,34,37)(H2,31,32,33)/t13?,15-,16+/m0/s1. The highest BCUT2D eigenvalue weighted by Crippen LogP contribution is 2.50. The van der Waals surface area contributed by atoms with Gasteiger partial charge < -0.3 is 16.0 Å². The fourth-order valence-electron chi connectivity index (χ4n) is 4.62. The molecule has 1 unspecified atom stereocenters. The molecule has 38 heavy (non-hydrogen) atoms. The highest BCUT2D eigenvalue weighted by Gasteiger charge is 2.63. The number of hydrogen-bond donors (Lipinski definition) is 2. The first-order valence-corrected chi connectivity index (χ1v) is 11.3. The number of likely N-dealkylation sites (tertiary alicyclic amines) is 1. The fourth-order valence-corrected chi connectivity index (χ4v) is 4.62. The first-order chi connectivity index (χ1) is 17.7. The predicted octanol–water partition coefficient (Wildman–Crippen LogP) is 3.38. The maximum absolute atomic E-state index is 15.0. The fraction of sp³-hybridized carbons (Fsp3) is 0.391. The molecular formula is C23H19F7N6O2. The number of nitrogens with zero attached hydrogens (tertiary/aromatic N) is 4. The Morgan fingerprint density at radius 3 is 2.50 bits per heavy atom. The predicted molar refractivity (Wildman–Crippen MR) is 118 cm³/mol. The van der Waals surface area contributed by atoms with Gasteiger partial charge in [0.15, 0.2) is 5.82 Å². The summed E-state index contributed by atoms with van der Waals surface area (Å²) in [5, 5.41) is 6.13. The maximum atomic E-state index is 15.0. The van der Waals surface area contributed by atoms with E-state index in [2.05, 4.69) is 15.4 Å². The van der Waals surface area contributed by atoms with Crippen LogP contribution in [0.5, 0.6) is 0 Å². The van der Waals surface area contributed by atoms with Crippen molar-refractivity contribution in [2.75, 3.05) is 18.8 Å². The normalized spacial score (nSPS) is 22.6. The third-order valence-electron chi connectivity index (χ3n) is 6.72. The van der Waals surface area contributed by atoms with Crippen LogP contribution in [0.25, 0.3) is 16.8 Å². The Bertz CT molecular complexity index is 1470. The third-order valence-corrected chi connectivity index (χ3v) is 6.72. The summed E-state index contributed by atoms with van der Waals surface area (Å²) < 4.78 is 97.8. The molecule has 2 aromatic heterocycles. The van der Waals surface area contributed by atoms with Gasteiger partial charge in [-0.05, 0) is 30.7 Å². The van der Waals surface area contributed by atoms with Crippen molar-refractivity contribution >= 4 is 23.1 Å². The summed E-state index contributed by atoms with van der Waals surface area (Å²) in [5.74, 6) is -7.90. The van der Waals surface area contributed by atoms with Crippen molar-refractivity contribution in [1.29, 1.82) is 0 Å². The zero-order valence-corrected chi connectivity index (χ0v) is 19.5. The second-order valence-corrected chi connectivity index (χ2v) is 9.35. The number of halogens is 7. The lowest BCUT2D eigenvalue weighted by atomic mass is 10.0. The molecule has 8 nitrogen and oxygen atoms in total. The molecule has 5 rings (SSSR count). The Balaban J connectivity index is 1.45. The van der Waals surface area contributed by atoms with Crippen LogP contribution in [-0.2, 0) is 11.0 Å². The monoisotopic (exact) mass is 544 g/mol. The van der Waals surface area contributed by atoms with Crippen molar-refractivity contribution in [2.45, 2.75) is 37.7 Å². The molecule has 1 aliphatic heterocycles. The molecule has 1 saturated carbocycles. The van der Waals surface area contributed by atoms with Crippen molar-refractivity contribution in [1.82, 2.24) is 24.8 Å². The van der Waals surface area contributed by atoms with E-state index in [1.54, 1.807) is 0 Å². The highest BCUT2D eigenvalue weighted by molar-refractivity contribution is 5.97. The molecule has 202 valence electrons. The lowest BCUT2D eigenvalue weighted by molar-refractivity contribution is -0.136. The van der Waals surface area contributed by atoms with Gasteiger partial charge in [0.1, 0.15) is 29.8 Å². The van der Waals surface area contributed by atoms with E-state index in [-0.39, 0.29) is 23.4 Å². The lowest BCUT2D eigenvalue weighted by Gasteiger charge is -2.17. The summed E-state index contributed by atoms with van der Waals surface area (Å²) >= 11 is 0. The smallest absolute Gasteiger partial charge is 0.382 e. The van der Waals surface area contributed by atoms with Crippen molar-refractivity contribution < 1.29 is 40.3 Å². The topological polar surface area (TPSA) is 106 Å². The molecule has 2 amide bonds. The molecule has 0 spiro atoms. The van der Waals surface area contributed by atoms with Gasteiger partial charge in [-0.2, -0.15) is 18.3 Å². The number of benzene rings is 1. The van der Waals surface area contributed by atoms with Crippen molar-refractivity contribution in [3.05, 3.63) is 47.0 Å². The van der Waals surface area contributed by atoms with Crippen LogP contribution in [-0.4, -0.2) is 62.5 Å². The van der Waals surface area contributed by atoms with E-state index in [4.69, 9.17) is 5.73 Å². The number of aryl methyl sites for hydroxylation is 1. The van der Waals surface area contributed by atoms with Crippen LogP contribution in [0.3, 0.4) is 0 Å². The molecule has 3 atom stereocenters. The highest BCUT2D eigenvalue weighted by atomic mass is 19.4. The number of nitrogens with one attached hydrogen (secondary N) is 1. The van der Waals surface area contributed by atoms with Gasteiger partial charge in [-0.15, -0.1) is 0 Å². The molecular weight excluding hydrogens is 525 g/mol. The number of carbonyl (C=O) groups is 2. The Morgan fingerprint density at radius 1 is 1.18 bits per heavy atom. The van der Waals surface area contributed by atoms with Crippen LogP contribution >= 0.6 is 0 Å². The quantitative estimate of drug-likeness (QED) is 0.490. The largest absolute Gasteiger partial charge is 0.418 e. The Hall–Kier alpha value is -3.91. The summed E-state index contributed by atoms with van der Waals surface area (Å²) in [6, 6.07) is 1.32. The minimum absolute atomic E-state index is 0.0914. The zero-order chi connectivity index (χ0) is 27.7. The van der Waals surface area contributed by atoms with E-state index in [1.165, 1.54) is 6.92 Å². The Kier molecular flexibility index (Phi) is 5.80. The average Bonchev–Trinajstić information content (AvgIpc) is 3.12. The van der Waals surface area contributed by atoms with E-state index in [0.29, 0.717) is 6.07 Å². The number of aromatic nitrogens is 3. The third kappa shape index (κ3) is 4.28. The number of anilines is 1. The Labute approximate surface area is 209 Å². The van der Waals surface area contributed by atoms with Crippen molar-refractivity contribution in [3.8, 4) is 11.3 Å². The first kappa shape index (κ1) is 25.7. The van der Waals surface area contributed by atoms with Gasteiger partial charge >= 0.3 is 6.18 Å². The second-order valence-electron chi connectivity index (χ2n) is 9.35. The number of rotatable bonds is 4. The number of carbonyl (C=O) groups excluding carboxylic acids is 2. The number of nitrogens with two attached hydrogens (primary N) is 1. The number of amides is 2. The van der Waals surface area contributed by atoms with E-state index in [0.717, 1.165) is 27.9 Å². The summed E-state index contributed by atoms with van der Waals surface area (Å²) in [6.07, 6.45) is -6.36. The van der Waals surface area contributed by atoms with Crippen molar-refractivity contribution in [3.63, 3.8) is 0 Å². The molecule has 3 N–H and O–H groups in total. The van der Waals surface area contributed by atoms with Gasteiger partial charge in [-0.1, -0.05) is 0 Å². The van der Waals surface area contributed by atoms with E-state index in [1.807, 2.05) is 0 Å².